The number of Topliss-reactive ketones (excluding diaryl/α,β-unsaturated/α-hetero) is 4. The van der Waals surface area contributed by atoms with E-state index in [9.17, 15) is 39.3 Å². The highest BCUT2D eigenvalue weighted by atomic mass is 16.3. The molecule has 204 valence electrons. The van der Waals surface area contributed by atoms with Gasteiger partial charge in [-0.05, 0) is 49.7 Å². The van der Waals surface area contributed by atoms with Crippen molar-refractivity contribution in [2.45, 2.75) is 37.5 Å². The average Bonchev–Trinajstić information content (AvgIpc) is 2.86. The second kappa shape index (κ2) is 8.90. The monoisotopic (exact) mass is 534 g/mol. The molecule has 2 aromatic carbocycles. The van der Waals surface area contributed by atoms with Crippen LogP contribution < -0.4 is 5.73 Å². The number of ketones is 4. The molecule has 0 aliphatic heterocycles. The van der Waals surface area contributed by atoms with Gasteiger partial charge in [-0.15, -0.1) is 0 Å². The Morgan fingerprint density at radius 2 is 1.62 bits per heavy atom. The highest BCUT2D eigenvalue weighted by Gasteiger charge is 2.73. The summed E-state index contributed by atoms with van der Waals surface area (Å²) in [6, 6.07) is 9.09. The van der Waals surface area contributed by atoms with Crippen LogP contribution in [-0.2, 0) is 19.2 Å². The Morgan fingerprint density at radius 1 is 1.00 bits per heavy atom. The summed E-state index contributed by atoms with van der Waals surface area (Å²) in [5.74, 6) is -13.4. The molecule has 3 aliphatic carbocycles. The van der Waals surface area contributed by atoms with Crippen LogP contribution in [0.25, 0.3) is 11.1 Å². The van der Waals surface area contributed by atoms with Crippen LogP contribution in [0.3, 0.4) is 0 Å². The molecule has 2 saturated carbocycles. The molecule has 0 spiro atoms. The van der Waals surface area contributed by atoms with Crippen molar-refractivity contribution in [3.8, 4) is 16.9 Å². The number of benzene rings is 2. The van der Waals surface area contributed by atoms with Crippen molar-refractivity contribution in [1.82, 2.24) is 4.90 Å². The molecule has 5 N–H and O–H groups in total. The molecule has 8 atom stereocenters. The van der Waals surface area contributed by atoms with Crippen molar-refractivity contribution in [1.29, 1.82) is 0 Å². The van der Waals surface area contributed by atoms with Crippen LogP contribution >= 0.6 is 0 Å². The number of rotatable bonds is 3. The Bertz CT molecular complexity index is 1450. The molecule has 10 heteroatoms. The zero-order chi connectivity index (χ0) is 28.7. The molecule has 10 nitrogen and oxygen atoms in total. The number of nitrogens with zero attached hydrogens (tertiary/aromatic N) is 1. The van der Waals surface area contributed by atoms with Gasteiger partial charge in [0.15, 0.2) is 34.7 Å². The second-order valence-electron chi connectivity index (χ2n) is 11.2. The van der Waals surface area contributed by atoms with Crippen LogP contribution in [0.5, 0.6) is 5.75 Å². The lowest BCUT2D eigenvalue weighted by atomic mass is 9.49. The van der Waals surface area contributed by atoms with E-state index in [-0.39, 0.29) is 11.3 Å². The largest absolute Gasteiger partial charge is 0.507 e. The maximum atomic E-state index is 14.0. The number of primary amides is 1. The Morgan fingerprint density at radius 3 is 2.18 bits per heavy atom. The fourth-order valence-corrected chi connectivity index (χ4v) is 7.05. The summed E-state index contributed by atoms with van der Waals surface area (Å²) in [5, 5.41) is 34.3. The van der Waals surface area contributed by atoms with E-state index in [0.29, 0.717) is 11.1 Å². The first-order chi connectivity index (χ1) is 18.2. The molecule has 0 saturated heterocycles. The molecule has 1 amide bonds. The van der Waals surface area contributed by atoms with E-state index in [4.69, 9.17) is 5.73 Å². The standard InChI is InChI=1S/C29H30N2O8/c1-11-5-7-13(8-6-11)14-9-10-15(32)18-16(14)12(2)17-19(23(18)33)26(36)29(39)21(24(17)34)22(31(3)4)25(35)20(27(29)37)28(30)38/h5-10,12,17,19-22,24,32,34,39H,1-4H3,(H2,30,38)/t12-,17+,19?,20?,21+,22-,24-,29-/m0/s1. The Balaban J connectivity index is 1.74. The third-order valence-corrected chi connectivity index (χ3v) is 8.83. The van der Waals surface area contributed by atoms with Gasteiger partial charge in [-0.3, -0.25) is 28.9 Å². The highest BCUT2D eigenvalue weighted by molar-refractivity contribution is 6.32. The maximum absolute atomic E-state index is 14.0. The SMILES string of the molecule is Cc1ccc(-c2ccc(O)c3c2[C@H](C)[C@@H]2C(C3=O)C(=O)[C@]3(O)C(=O)C(C(N)=O)C(=O)[C@@H](N(C)C)[C@@H]3[C@H]2O)cc1. The van der Waals surface area contributed by atoms with E-state index in [2.05, 4.69) is 0 Å². The number of fused-ring (bicyclic) bond motifs is 3. The maximum Gasteiger partial charge on any atom is 0.235 e. The predicted molar refractivity (Wildman–Crippen MR) is 138 cm³/mol. The number of nitrogens with two attached hydrogens (primary N) is 1. The van der Waals surface area contributed by atoms with Crippen LogP contribution in [-0.4, -0.2) is 81.1 Å². The van der Waals surface area contributed by atoms with Gasteiger partial charge in [0, 0.05) is 5.92 Å². The van der Waals surface area contributed by atoms with Crippen LogP contribution in [0.1, 0.15) is 34.3 Å². The third-order valence-electron chi connectivity index (χ3n) is 8.83. The van der Waals surface area contributed by atoms with Gasteiger partial charge in [-0.25, -0.2) is 0 Å². The number of carbonyl (C=O) groups is 5. The molecule has 2 fully saturated rings. The van der Waals surface area contributed by atoms with Crippen LogP contribution in [0.4, 0.5) is 0 Å². The van der Waals surface area contributed by atoms with E-state index in [1.54, 1.807) is 13.0 Å². The third kappa shape index (κ3) is 3.48. The van der Waals surface area contributed by atoms with Gasteiger partial charge in [-0.1, -0.05) is 42.8 Å². The number of amides is 1. The number of hydrogen-bond donors (Lipinski definition) is 4. The van der Waals surface area contributed by atoms with Crippen molar-refractivity contribution in [3.63, 3.8) is 0 Å². The lowest BCUT2D eigenvalue weighted by molar-refractivity contribution is -0.196. The first-order valence-corrected chi connectivity index (χ1v) is 12.7. The van der Waals surface area contributed by atoms with Gasteiger partial charge in [0.05, 0.1) is 29.5 Å². The summed E-state index contributed by atoms with van der Waals surface area (Å²) >= 11 is 0. The number of hydrogen-bond acceptors (Lipinski definition) is 9. The van der Waals surface area contributed by atoms with Crippen molar-refractivity contribution in [2.75, 3.05) is 14.1 Å². The minimum atomic E-state index is -3.01. The first kappa shape index (κ1) is 26.9. The molecule has 3 aliphatic rings. The number of aliphatic hydroxyl groups is 2. The zero-order valence-corrected chi connectivity index (χ0v) is 21.9. The highest BCUT2D eigenvalue weighted by Crippen LogP contribution is 2.55. The number of likely N-dealkylation sites (N-methyl/N-ethyl adjacent to an activating group) is 1. The lowest BCUT2D eigenvalue weighted by Gasteiger charge is -2.56. The Hall–Kier alpha value is -3.73. The number of aryl methyl sites for hydroxylation is 1. The molecule has 0 heterocycles. The lowest BCUT2D eigenvalue weighted by Crippen LogP contribution is -2.77. The van der Waals surface area contributed by atoms with Crippen LogP contribution in [0.15, 0.2) is 36.4 Å². The Labute approximate surface area is 224 Å². The van der Waals surface area contributed by atoms with Gasteiger partial charge in [-0.2, -0.15) is 0 Å². The first-order valence-electron chi connectivity index (χ1n) is 12.7. The zero-order valence-electron chi connectivity index (χ0n) is 21.9. The van der Waals surface area contributed by atoms with E-state index in [1.807, 2.05) is 31.2 Å². The molecular weight excluding hydrogens is 504 g/mol. The molecule has 39 heavy (non-hydrogen) atoms. The van der Waals surface area contributed by atoms with Crippen LogP contribution in [0.2, 0.25) is 0 Å². The summed E-state index contributed by atoms with van der Waals surface area (Å²) in [4.78, 5) is 68.1. The molecule has 0 radical (unpaired) electrons. The summed E-state index contributed by atoms with van der Waals surface area (Å²) in [6.07, 6.45) is -1.67. The molecule has 5 rings (SSSR count). The number of carbonyl (C=O) groups excluding carboxylic acids is 5. The fraction of sp³-hybridized carbons (Fsp3) is 0.414. The minimum Gasteiger partial charge on any atom is -0.507 e. The van der Waals surface area contributed by atoms with Crippen molar-refractivity contribution >= 4 is 29.0 Å². The van der Waals surface area contributed by atoms with Gasteiger partial charge in [0.25, 0.3) is 0 Å². The number of aromatic hydroxyl groups is 1. The van der Waals surface area contributed by atoms with Gasteiger partial charge in [0.1, 0.15) is 5.75 Å². The Kier molecular flexibility index (Phi) is 6.13. The molecule has 0 aromatic heterocycles. The van der Waals surface area contributed by atoms with E-state index >= 15 is 0 Å². The topological polar surface area (TPSA) is 175 Å². The number of phenols is 1. The van der Waals surface area contributed by atoms with Crippen molar-refractivity contribution in [2.24, 2.45) is 29.4 Å². The van der Waals surface area contributed by atoms with Gasteiger partial charge < -0.3 is 21.1 Å². The van der Waals surface area contributed by atoms with Gasteiger partial charge >= 0.3 is 0 Å². The molecule has 0 bridgehead atoms. The van der Waals surface area contributed by atoms with E-state index in [1.165, 1.54) is 25.1 Å². The molecular formula is C29H30N2O8. The number of phenolic OH excluding ortho intramolecular Hbond substituents is 1. The van der Waals surface area contributed by atoms with Crippen molar-refractivity contribution in [3.05, 3.63) is 53.1 Å². The van der Waals surface area contributed by atoms with Crippen molar-refractivity contribution < 1.29 is 39.3 Å². The smallest absolute Gasteiger partial charge is 0.235 e. The number of aliphatic hydroxyl groups excluding tert-OH is 1. The van der Waals surface area contributed by atoms with Gasteiger partial charge in [0.2, 0.25) is 5.91 Å². The second-order valence-corrected chi connectivity index (χ2v) is 11.2. The normalized spacial score (nSPS) is 34.0. The summed E-state index contributed by atoms with van der Waals surface area (Å²) in [6.45, 7) is 3.62. The molecule has 2 unspecified atom stereocenters. The van der Waals surface area contributed by atoms with E-state index in [0.717, 1.165) is 11.1 Å². The summed E-state index contributed by atoms with van der Waals surface area (Å²) in [5.41, 5.74) is 5.00. The summed E-state index contributed by atoms with van der Waals surface area (Å²) < 4.78 is 0. The average molecular weight is 535 g/mol. The fourth-order valence-electron chi connectivity index (χ4n) is 7.05. The minimum absolute atomic E-state index is 0.126. The predicted octanol–water partition coefficient (Wildman–Crippen LogP) is 0.374. The van der Waals surface area contributed by atoms with Crippen LogP contribution in [0, 0.1) is 30.6 Å². The molecule has 2 aromatic rings. The quantitative estimate of drug-likeness (QED) is 0.406. The summed E-state index contributed by atoms with van der Waals surface area (Å²) in [7, 11) is 2.91. The van der Waals surface area contributed by atoms with E-state index < -0.39 is 76.4 Å².